The fourth-order valence-electron chi connectivity index (χ4n) is 1.20. The van der Waals surface area contributed by atoms with Crippen LogP contribution in [0.3, 0.4) is 0 Å². The van der Waals surface area contributed by atoms with E-state index in [1.165, 1.54) is 6.07 Å². The molecule has 1 nitrogen and oxygen atoms in total. The van der Waals surface area contributed by atoms with Crippen molar-refractivity contribution in [1.29, 1.82) is 0 Å². The van der Waals surface area contributed by atoms with Crippen molar-refractivity contribution < 1.29 is 9.13 Å². The van der Waals surface area contributed by atoms with Crippen LogP contribution in [0.2, 0.25) is 0 Å². The van der Waals surface area contributed by atoms with E-state index in [1.54, 1.807) is 0 Å². The highest BCUT2D eigenvalue weighted by molar-refractivity contribution is 9.10. The zero-order chi connectivity index (χ0) is 10.7. The summed E-state index contributed by atoms with van der Waals surface area (Å²) in [4.78, 5) is 0. The Hall–Kier alpha value is -0.570. The molecule has 0 saturated heterocycles. The van der Waals surface area contributed by atoms with Gasteiger partial charge in [0.15, 0.2) is 11.6 Å². The average molecular weight is 261 g/mol. The second-order valence-electron chi connectivity index (χ2n) is 3.40. The quantitative estimate of drug-likeness (QED) is 0.795. The second kappa shape index (κ2) is 4.78. The van der Waals surface area contributed by atoms with Crippen molar-refractivity contribution in [2.24, 2.45) is 0 Å². The number of ether oxygens (including phenoxy) is 1. The molecule has 0 amide bonds. The summed E-state index contributed by atoms with van der Waals surface area (Å²) < 4.78 is 19.4. The normalized spacial score (nSPS) is 10.7. The highest BCUT2D eigenvalue weighted by Gasteiger charge is 2.11. The molecule has 14 heavy (non-hydrogen) atoms. The molecule has 0 N–H and O–H groups in total. The van der Waals surface area contributed by atoms with Gasteiger partial charge in [0, 0.05) is 0 Å². The van der Waals surface area contributed by atoms with Gasteiger partial charge < -0.3 is 4.74 Å². The van der Waals surface area contributed by atoms with E-state index in [-0.39, 0.29) is 5.82 Å². The van der Waals surface area contributed by atoms with Gasteiger partial charge >= 0.3 is 0 Å². The van der Waals surface area contributed by atoms with Gasteiger partial charge in [-0.15, -0.1) is 0 Å². The minimum absolute atomic E-state index is 0.301. The van der Waals surface area contributed by atoms with Gasteiger partial charge in [0.2, 0.25) is 0 Å². The first kappa shape index (κ1) is 11.5. The molecule has 0 aromatic heterocycles. The third-order valence-corrected chi connectivity index (χ3v) is 2.56. The lowest BCUT2D eigenvalue weighted by Crippen LogP contribution is -1.98. The van der Waals surface area contributed by atoms with Crippen LogP contribution in [0.15, 0.2) is 16.6 Å². The van der Waals surface area contributed by atoms with E-state index in [0.29, 0.717) is 22.7 Å². The van der Waals surface area contributed by atoms with Crippen molar-refractivity contribution in [2.75, 3.05) is 6.61 Å². The van der Waals surface area contributed by atoms with Crippen molar-refractivity contribution in [3.63, 3.8) is 0 Å². The van der Waals surface area contributed by atoms with Crippen LogP contribution in [0, 0.1) is 5.82 Å². The van der Waals surface area contributed by atoms with E-state index in [1.807, 2.05) is 26.8 Å². The summed E-state index contributed by atoms with van der Waals surface area (Å²) in [6.07, 6.45) is 0. The van der Waals surface area contributed by atoms with Crippen LogP contribution in [-0.4, -0.2) is 6.61 Å². The third-order valence-electron chi connectivity index (χ3n) is 1.98. The molecule has 0 fully saturated rings. The van der Waals surface area contributed by atoms with Crippen molar-refractivity contribution in [2.45, 2.75) is 26.7 Å². The minimum atomic E-state index is -0.301. The minimum Gasteiger partial charge on any atom is -0.490 e. The first-order valence-electron chi connectivity index (χ1n) is 4.68. The third kappa shape index (κ3) is 2.47. The van der Waals surface area contributed by atoms with Crippen LogP contribution in [-0.2, 0) is 0 Å². The topological polar surface area (TPSA) is 9.23 Å². The van der Waals surface area contributed by atoms with Gasteiger partial charge in [0.1, 0.15) is 0 Å². The first-order valence-corrected chi connectivity index (χ1v) is 5.47. The summed E-state index contributed by atoms with van der Waals surface area (Å²) >= 11 is 3.30. The summed E-state index contributed by atoms with van der Waals surface area (Å²) in [5.41, 5.74) is 0.970. The lowest BCUT2D eigenvalue weighted by Gasteiger charge is -2.11. The average Bonchev–Trinajstić information content (AvgIpc) is 2.10. The van der Waals surface area contributed by atoms with E-state index in [9.17, 15) is 4.39 Å². The molecule has 0 aliphatic carbocycles. The summed E-state index contributed by atoms with van der Waals surface area (Å²) in [5.74, 6) is 0.318. The molecule has 0 heterocycles. The number of hydrogen-bond donors (Lipinski definition) is 0. The van der Waals surface area contributed by atoms with Crippen LogP contribution in [0.5, 0.6) is 5.75 Å². The van der Waals surface area contributed by atoms with Crippen molar-refractivity contribution in [3.8, 4) is 5.75 Å². The summed E-state index contributed by atoms with van der Waals surface area (Å²) in [7, 11) is 0. The van der Waals surface area contributed by atoms with E-state index >= 15 is 0 Å². The molecule has 0 atom stereocenters. The highest BCUT2D eigenvalue weighted by atomic mass is 79.9. The second-order valence-corrected chi connectivity index (χ2v) is 4.26. The van der Waals surface area contributed by atoms with Crippen LogP contribution < -0.4 is 4.74 Å². The summed E-state index contributed by atoms with van der Waals surface area (Å²) in [5, 5.41) is 0. The van der Waals surface area contributed by atoms with Crippen LogP contribution in [0.1, 0.15) is 32.3 Å². The van der Waals surface area contributed by atoms with Crippen molar-refractivity contribution in [3.05, 3.63) is 28.0 Å². The predicted molar refractivity (Wildman–Crippen MR) is 59.4 cm³/mol. The number of benzene rings is 1. The van der Waals surface area contributed by atoms with Crippen LogP contribution in [0.25, 0.3) is 0 Å². The zero-order valence-electron chi connectivity index (χ0n) is 8.60. The monoisotopic (exact) mass is 260 g/mol. The maximum absolute atomic E-state index is 13.5. The molecule has 0 bridgehead atoms. The molecular weight excluding hydrogens is 247 g/mol. The molecular formula is C11H14BrFO. The molecule has 0 saturated carbocycles. The fraction of sp³-hybridized carbons (Fsp3) is 0.455. The molecule has 78 valence electrons. The smallest absolute Gasteiger partial charge is 0.169 e. The lowest BCUT2D eigenvalue weighted by atomic mass is 10.0. The maximum atomic E-state index is 13.5. The van der Waals surface area contributed by atoms with Gasteiger partial charge in [-0.25, -0.2) is 4.39 Å². The number of rotatable bonds is 3. The molecule has 0 radical (unpaired) electrons. The molecule has 0 spiro atoms. The lowest BCUT2D eigenvalue weighted by molar-refractivity contribution is 0.319. The van der Waals surface area contributed by atoms with E-state index in [2.05, 4.69) is 15.9 Å². The Kier molecular flexibility index (Phi) is 3.93. The molecule has 1 aromatic carbocycles. The van der Waals surface area contributed by atoms with Gasteiger partial charge in [-0.05, 0) is 46.5 Å². The maximum Gasteiger partial charge on any atom is 0.169 e. The highest BCUT2D eigenvalue weighted by Crippen LogP contribution is 2.31. The summed E-state index contributed by atoms with van der Waals surface area (Å²) in [6, 6.07) is 3.43. The number of hydrogen-bond acceptors (Lipinski definition) is 1. The molecule has 1 aromatic rings. The number of halogens is 2. The molecule has 0 unspecified atom stereocenters. The van der Waals surface area contributed by atoms with Crippen LogP contribution >= 0.6 is 15.9 Å². The Bertz CT molecular complexity index is 300. The Morgan fingerprint density at radius 2 is 2.07 bits per heavy atom. The van der Waals surface area contributed by atoms with Crippen molar-refractivity contribution >= 4 is 15.9 Å². The van der Waals surface area contributed by atoms with Gasteiger partial charge in [-0.1, -0.05) is 13.8 Å². The first-order chi connectivity index (χ1) is 6.56. The van der Waals surface area contributed by atoms with Gasteiger partial charge in [-0.3, -0.25) is 0 Å². The predicted octanol–water partition coefficient (Wildman–Crippen LogP) is 4.11. The van der Waals surface area contributed by atoms with Gasteiger partial charge in [0.25, 0.3) is 0 Å². The largest absolute Gasteiger partial charge is 0.490 e. The zero-order valence-corrected chi connectivity index (χ0v) is 10.2. The molecule has 0 aliphatic rings. The van der Waals surface area contributed by atoms with E-state index < -0.39 is 0 Å². The molecule has 0 aliphatic heterocycles. The Balaban J connectivity index is 3.11. The standard InChI is InChI=1S/C11H14BrFO/c1-4-14-11-9(12)5-8(7(2)3)6-10(11)13/h5-7H,4H2,1-3H3. The Morgan fingerprint density at radius 3 is 2.50 bits per heavy atom. The summed E-state index contributed by atoms with van der Waals surface area (Å²) in [6.45, 7) is 6.36. The molecule has 1 rings (SSSR count). The van der Waals surface area contributed by atoms with Crippen molar-refractivity contribution in [1.82, 2.24) is 0 Å². The Labute approximate surface area is 92.4 Å². The molecule has 3 heteroatoms. The van der Waals surface area contributed by atoms with Crippen LogP contribution in [0.4, 0.5) is 4.39 Å². The van der Waals surface area contributed by atoms with Gasteiger partial charge in [0.05, 0.1) is 11.1 Å². The van der Waals surface area contributed by atoms with E-state index in [4.69, 9.17) is 4.74 Å². The van der Waals surface area contributed by atoms with E-state index in [0.717, 1.165) is 5.56 Å². The van der Waals surface area contributed by atoms with Gasteiger partial charge in [-0.2, -0.15) is 0 Å². The Morgan fingerprint density at radius 1 is 1.43 bits per heavy atom. The fourth-order valence-corrected chi connectivity index (χ4v) is 1.76. The SMILES string of the molecule is CCOc1c(F)cc(C(C)C)cc1Br.